The molecule has 1 aromatic heterocycles. The number of H-pyrrole nitrogens is 1. The number of aliphatic hydroxyl groups is 1. The predicted octanol–water partition coefficient (Wildman–Crippen LogP) is 4.17. The smallest absolute Gasteiger partial charge is 0.401 e. The molecule has 2 aromatic rings. The number of aromatic nitrogens is 1. The van der Waals surface area contributed by atoms with E-state index in [-0.39, 0.29) is 0 Å². The molecule has 4 rings (SSSR count). The van der Waals surface area contributed by atoms with Gasteiger partial charge in [-0.05, 0) is 61.6 Å². The van der Waals surface area contributed by atoms with Crippen LogP contribution in [0.5, 0.6) is 5.75 Å². The number of aromatic amines is 1. The molecule has 3 N–H and O–H groups in total. The molecule has 2 aliphatic rings. The van der Waals surface area contributed by atoms with Gasteiger partial charge in [-0.3, -0.25) is 9.69 Å². The van der Waals surface area contributed by atoms with Crippen LogP contribution in [-0.2, 0) is 4.79 Å². The predicted molar refractivity (Wildman–Crippen MR) is 116 cm³/mol. The van der Waals surface area contributed by atoms with E-state index < -0.39 is 24.7 Å². The lowest BCUT2D eigenvalue weighted by Crippen LogP contribution is -2.33. The number of rotatable bonds is 8. The highest BCUT2D eigenvalue weighted by molar-refractivity contribution is 6.03. The number of ether oxygens (including phenoxy) is 1. The zero-order valence-corrected chi connectivity index (χ0v) is 18.1. The number of anilines is 1. The first kappa shape index (κ1) is 22.9. The topological polar surface area (TPSA) is 77.6 Å². The Hall–Kier alpha value is -2.26. The van der Waals surface area contributed by atoms with Crippen LogP contribution in [0, 0.1) is 17.8 Å². The van der Waals surface area contributed by atoms with Crippen LogP contribution in [0.15, 0.2) is 24.4 Å². The van der Waals surface area contributed by atoms with Crippen molar-refractivity contribution in [2.45, 2.75) is 44.9 Å². The molecule has 4 atom stereocenters. The minimum atomic E-state index is -4.12. The van der Waals surface area contributed by atoms with E-state index in [4.69, 9.17) is 4.74 Å². The molecule has 1 aliphatic carbocycles. The van der Waals surface area contributed by atoms with E-state index in [0.29, 0.717) is 55.3 Å². The minimum absolute atomic E-state index is 0.339. The monoisotopic (exact) mass is 453 g/mol. The van der Waals surface area contributed by atoms with Gasteiger partial charge < -0.3 is 20.1 Å². The Morgan fingerprint density at radius 2 is 2.03 bits per heavy atom. The standard InChI is InChI=1S/C23H30F3N3O3/c1-2-21(30)22(31)28-20-10-27-19-4-3-17(9-18(19)20)32-6-5-14-7-15-11-29(12-16(15)8-14)13-23(24,25)26/h3-4,9-10,14-16,21,27,30H,2,5-8,11-13H2,1H3,(H,28,31)/t14?,15-,16+,21-/m1/s1. The fourth-order valence-electron chi connectivity index (χ4n) is 5.18. The number of amides is 1. The maximum Gasteiger partial charge on any atom is 0.401 e. The number of likely N-dealkylation sites (tertiary alicyclic amines) is 1. The van der Waals surface area contributed by atoms with Crippen LogP contribution in [-0.4, -0.2) is 59.4 Å². The second kappa shape index (κ2) is 9.31. The molecule has 0 radical (unpaired) electrons. The molecular formula is C23H30F3N3O3. The number of aliphatic hydroxyl groups excluding tert-OH is 1. The Labute approximate surface area is 185 Å². The molecule has 0 bridgehead atoms. The van der Waals surface area contributed by atoms with Crippen LogP contribution >= 0.6 is 0 Å². The summed E-state index contributed by atoms with van der Waals surface area (Å²) in [5, 5.41) is 13.2. The Balaban J connectivity index is 1.27. The molecule has 1 saturated carbocycles. The maximum absolute atomic E-state index is 12.6. The van der Waals surface area contributed by atoms with Crippen molar-refractivity contribution < 1.29 is 27.8 Å². The summed E-state index contributed by atoms with van der Waals surface area (Å²) in [7, 11) is 0. The molecule has 2 fully saturated rings. The van der Waals surface area contributed by atoms with Gasteiger partial charge in [0.05, 0.1) is 18.8 Å². The average molecular weight is 454 g/mol. The molecule has 1 amide bonds. The number of benzene rings is 1. The second-order valence-electron chi connectivity index (χ2n) is 9.13. The summed E-state index contributed by atoms with van der Waals surface area (Å²) < 4.78 is 43.8. The molecular weight excluding hydrogens is 423 g/mol. The molecule has 1 aliphatic heterocycles. The lowest BCUT2D eigenvalue weighted by Gasteiger charge is -2.20. The summed E-state index contributed by atoms with van der Waals surface area (Å²) in [6.45, 7) is 2.58. The van der Waals surface area contributed by atoms with Crippen LogP contribution in [0.3, 0.4) is 0 Å². The number of hydrogen-bond acceptors (Lipinski definition) is 4. The van der Waals surface area contributed by atoms with Gasteiger partial charge >= 0.3 is 6.18 Å². The van der Waals surface area contributed by atoms with E-state index in [2.05, 4.69) is 10.3 Å². The first-order valence-electron chi connectivity index (χ1n) is 11.2. The summed E-state index contributed by atoms with van der Waals surface area (Å²) in [4.78, 5) is 16.6. The molecule has 9 heteroatoms. The zero-order chi connectivity index (χ0) is 22.9. The number of nitrogens with one attached hydrogen (secondary N) is 2. The fourth-order valence-corrected chi connectivity index (χ4v) is 5.18. The largest absolute Gasteiger partial charge is 0.494 e. The fraction of sp³-hybridized carbons (Fsp3) is 0.609. The zero-order valence-electron chi connectivity index (χ0n) is 18.1. The van der Waals surface area contributed by atoms with Crippen molar-refractivity contribution in [3.63, 3.8) is 0 Å². The molecule has 0 spiro atoms. The van der Waals surface area contributed by atoms with Crippen molar-refractivity contribution in [3.05, 3.63) is 24.4 Å². The van der Waals surface area contributed by atoms with Gasteiger partial charge in [0.1, 0.15) is 11.9 Å². The number of hydrogen-bond donors (Lipinski definition) is 3. The van der Waals surface area contributed by atoms with Gasteiger partial charge in [-0.25, -0.2) is 0 Å². The number of carbonyl (C=O) groups excluding carboxylic acids is 1. The summed E-state index contributed by atoms with van der Waals surface area (Å²) in [5.41, 5.74) is 1.45. The van der Waals surface area contributed by atoms with Crippen LogP contribution < -0.4 is 10.1 Å². The highest BCUT2D eigenvalue weighted by Crippen LogP contribution is 2.43. The lowest BCUT2D eigenvalue weighted by atomic mass is 10.0. The second-order valence-corrected chi connectivity index (χ2v) is 9.13. The van der Waals surface area contributed by atoms with Gasteiger partial charge in [0.15, 0.2) is 0 Å². The highest BCUT2D eigenvalue weighted by atomic mass is 19.4. The van der Waals surface area contributed by atoms with Crippen molar-refractivity contribution in [3.8, 4) is 5.75 Å². The summed E-state index contributed by atoms with van der Waals surface area (Å²) in [6, 6.07) is 5.60. The van der Waals surface area contributed by atoms with Gasteiger partial charge in [-0.15, -0.1) is 0 Å². The number of alkyl halides is 3. The van der Waals surface area contributed by atoms with E-state index in [0.717, 1.165) is 30.2 Å². The Morgan fingerprint density at radius 1 is 1.31 bits per heavy atom. The maximum atomic E-state index is 12.6. The Kier molecular flexibility index (Phi) is 6.67. The van der Waals surface area contributed by atoms with Gasteiger partial charge in [0.2, 0.25) is 0 Å². The van der Waals surface area contributed by atoms with Crippen molar-refractivity contribution in [2.75, 3.05) is 31.6 Å². The molecule has 1 aromatic carbocycles. The molecule has 2 heterocycles. The van der Waals surface area contributed by atoms with E-state index in [9.17, 15) is 23.1 Å². The average Bonchev–Trinajstić information content (AvgIpc) is 3.39. The molecule has 1 unspecified atom stereocenters. The summed E-state index contributed by atoms with van der Waals surface area (Å²) in [6.07, 6.45) is -0.329. The quantitative estimate of drug-likeness (QED) is 0.561. The van der Waals surface area contributed by atoms with Crippen molar-refractivity contribution in [1.29, 1.82) is 0 Å². The number of fused-ring (bicyclic) bond motifs is 2. The SMILES string of the molecule is CC[C@@H](O)C(=O)Nc1c[nH]c2ccc(OCCC3C[C@@H]4CN(CC(F)(F)F)C[C@@H]4C3)cc12. The number of halogens is 3. The Bertz CT molecular complexity index is 931. The molecule has 176 valence electrons. The number of nitrogens with zero attached hydrogens (tertiary/aromatic N) is 1. The first-order valence-corrected chi connectivity index (χ1v) is 11.2. The molecule has 1 saturated heterocycles. The number of carbonyl (C=O) groups is 1. The van der Waals surface area contributed by atoms with Crippen LogP contribution in [0.2, 0.25) is 0 Å². The van der Waals surface area contributed by atoms with Gasteiger partial charge in [0, 0.05) is 30.2 Å². The summed E-state index contributed by atoms with van der Waals surface area (Å²) >= 11 is 0. The van der Waals surface area contributed by atoms with Crippen molar-refractivity contribution in [2.24, 2.45) is 17.8 Å². The van der Waals surface area contributed by atoms with Gasteiger partial charge in [-0.1, -0.05) is 6.92 Å². The first-order chi connectivity index (χ1) is 15.2. The molecule has 32 heavy (non-hydrogen) atoms. The van der Waals surface area contributed by atoms with Crippen LogP contribution in [0.1, 0.15) is 32.6 Å². The third-order valence-electron chi connectivity index (χ3n) is 6.72. The van der Waals surface area contributed by atoms with Gasteiger partial charge in [0.25, 0.3) is 5.91 Å². The van der Waals surface area contributed by atoms with Crippen LogP contribution in [0.4, 0.5) is 18.9 Å². The third kappa shape index (κ3) is 5.38. The lowest BCUT2D eigenvalue weighted by molar-refractivity contribution is -0.144. The van der Waals surface area contributed by atoms with E-state index in [1.54, 1.807) is 18.0 Å². The normalized spacial score (nSPS) is 24.6. The van der Waals surface area contributed by atoms with E-state index in [1.165, 1.54) is 0 Å². The summed E-state index contributed by atoms with van der Waals surface area (Å²) in [5.74, 6) is 1.46. The van der Waals surface area contributed by atoms with E-state index >= 15 is 0 Å². The highest BCUT2D eigenvalue weighted by Gasteiger charge is 2.43. The van der Waals surface area contributed by atoms with Gasteiger partial charge in [-0.2, -0.15) is 13.2 Å². The van der Waals surface area contributed by atoms with Crippen molar-refractivity contribution in [1.82, 2.24) is 9.88 Å². The van der Waals surface area contributed by atoms with Crippen LogP contribution in [0.25, 0.3) is 10.9 Å². The third-order valence-corrected chi connectivity index (χ3v) is 6.72. The minimum Gasteiger partial charge on any atom is -0.494 e. The van der Waals surface area contributed by atoms with E-state index in [1.807, 2.05) is 18.2 Å². The van der Waals surface area contributed by atoms with Crippen molar-refractivity contribution >= 4 is 22.5 Å². The molecule has 6 nitrogen and oxygen atoms in total. The Morgan fingerprint density at radius 3 is 2.69 bits per heavy atom.